The highest BCUT2D eigenvalue weighted by atomic mass is 32.2. The average molecular weight is 602 g/mol. The molecule has 0 radical (unpaired) electrons. The molecular weight excluding hydrogens is 563 g/mol. The van der Waals surface area contributed by atoms with Crippen molar-refractivity contribution in [2.75, 3.05) is 47.1 Å². The van der Waals surface area contributed by atoms with E-state index in [9.17, 15) is 13.2 Å². The van der Waals surface area contributed by atoms with Crippen molar-refractivity contribution in [2.24, 2.45) is 5.92 Å². The normalized spacial score (nSPS) is 17.7. The van der Waals surface area contributed by atoms with Crippen LogP contribution in [0.4, 0.5) is 13.3 Å². The van der Waals surface area contributed by atoms with E-state index in [1.54, 1.807) is 46.1 Å². The SMILES string of the molecule is COCCCOc1cc(C(=O)N(C[C@@H]2CNC[C@H]2N(F)S(=O)(=O)C(F)(F)c2ccc(C)cc2)C(C)C)ccc1OC. The minimum Gasteiger partial charge on any atom is -0.493 e. The Kier molecular flexibility index (Phi) is 11.0. The molecular formula is C28H38F3N3O6S. The van der Waals surface area contributed by atoms with Crippen molar-refractivity contribution in [3.05, 3.63) is 59.2 Å². The lowest BCUT2D eigenvalue weighted by molar-refractivity contribution is 0.0196. The van der Waals surface area contributed by atoms with Crippen LogP contribution >= 0.6 is 0 Å². The molecule has 1 aliphatic heterocycles. The summed E-state index contributed by atoms with van der Waals surface area (Å²) >= 11 is 0. The van der Waals surface area contributed by atoms with Crippen LogP contribution in [0.1, 0.15) is 41.8 Å². The van der Waals surface area contributed by atoms with Crippen molar-refractivity contribution in [3.63, 3.8) is 0 Å². The van der Waals surface area contributed by atoms with Crippen LogP contribution in [0, 0.1) is 12.8 Å². The fourth-order valence-corrected chi connectivity index (χ4v) is 5.84. The maximum Gasteiger partial charge on any atom is 0.386 e. The summed E-state index contributed by atoms with van der Waals surface area (Å²) in [5.74, 6) is -0.410. The second-order valence-corrected chi connectivity index (χ2v) is 12.0. The quantitative estimate of drug-likeness (QED) is 0.257. The molecule has 1 saturated heterocycles. The summed E-state index contributed by atoms with van der Waals surface area (Å²) in [4.78, 5) is 15.0. The predicted octanol–water partition coefficient (Wildman–Crippen LogP) is 4.12. The Morgan fingerprint density at radius 3 is 2.37 bits per heavy atom. The molecule has 0 saturated carbocycles. The van der Waals surface area contributed by atoms with Crippen LogP contribution in [0.5, 0.6) is 11.5 Å². The molecule has 228 valence electrons. The first-order valence-electron chi connectivity index (χ1n) is 13.3. The highest BCUT2D eigenvalue weighted by molar-refractivity contribution is 7.89. The third kappa shape index (κ3) is 7.32. The van der Waals surface area contributed by atoms with Gasteiger partial charge in [0.05, 0.1) is 19.8 Å². The van der Waals surface area contributed by atoms with Crippen molar-refractivity contribution in [1.29, 1.82) is 0 Å². The minimum absolute atomic E-state index is 0.0731. The van der Waals surface area contributed by atoms with E-state index in [0.29, 0.717) is 36.7 Å². The number of carbonyl (C=O) groups is 1. The molecule has 3 rings (SSSR count). The van der Waals surface area contributed by atoms with Gasteiger partial charge in [0.15, 0.2) is 11.5 Å². The number of hydrogen-bond donors (Lipinski definition) is 1. The first-order valence-corrected chi connectivity index (χ1v) is 14.7. The molecule has 1 fully saturated rings. The van der Waals surface area contributed by atoms with Crippen molar-refractivity contribution in [1.82, 2.24) is 14.7 Å². The van der Waals surface area contributed by atoms with Crippen LogP contribution in [0.15, 0.2) is 42.5 Å². The van der Waals surface area contributed by atoms with Crippen LogP contribution in [0.25, 0.3) is 0 Å². The summed E-state index contributed by atoms with van der Waals surface area (Å²) in [6, 6.07) is 7.50. The number of nitrogens with one attached hydrogen (secondary N) is 1. The molecule has 1 aliphatic rings. The molecule has 13 heteroatoms. The zero-order valence-electron chi connectivity index (χ0n) is 23.9. The van der Waals surface area contributed by atoms with Crippen LogP contribution in [0.2, 0.25) is 0 Å². The maximum atomic E-state index is 15.5. The first-order chi connectivity index (χ1) is 19.3. The van der Waals surface area contributed by atoms with Crippen molar-refractivity contribution < 1.29 is 40.7 Å². The number of hydrogen-bond acceptors (Lipinski definition) is 7. The van der Waals surface area contributed by atoms with Gasteiger partial charge in [-0.1, -0.05) is 29.8 Å². The van der Waals surface area contributed by atoms with Crippen LogP contribution in [-0.4, -0.2) is 82.9 Å². The number of alkyl halides is 2. The number of rotatable bonds is 14. The third-order valence-electron chi connectivity index (χ3n) is 6.98. The molecule has 9 nitrogen and oxygen atoms in total. The van der Waals surface area contributed by atoms with Crippen LogP contribution < -0.4 is 14.8 Å². The number of methoxy groups -OCH3 is 2. The van der Waals surface area contributed by atoms with Gasteiger partial charge in [-0.05, 0) is 43.5 Å². The largest absolute Gasteiger partial charge is 0.493 e. The molecule has 0 aliphatic carbocycles. The number of sulfonamides is 1. The molecule has 2 atom stereocenters. The third-order valence-corrected chi connectivity index (χ3v) is 8.60. The summed E-state index contributed by atoms with van der Waals surface area (Å²) in [5, 5.41) is -1.61. The Morgan fingerprint density at radius 1 is 1.07 bits per heavy atom. The monoisotopic (exact) mass is 601 g/mol. The summed E-state index contributed by atoms with van der Waals surface area (Å²) < 4.78 is 86.7. The van der Waals surface area contributed by atoms with E-state index < -0.39 is 43.2 Å². The van der Waals surface area contributed by atoms with Gasteiger partial charge in [0.2, 0.25) is 0 Å². The molecule has 0 unspecified atom stereocenters. The number of ether oxygens (including phenoxy) is 3. The van der Waals surface area contributed by atoms with Gasteiger partial charge in [0.1, 0.15) is 0 Å². The van der Waals surface area contributed by atoms with Gasteiger partial charge in [-0.25, -0.2) is 8.42 Å². The topological polar surface area (TPSA) is 97.4 Å². The predicted molar refractivity (Wildman–Crippen MR) is 148 cm³/mol. The van der Waals surface area contributed by atoms with Crippen molar-refractivity contribution >= 4 is 15.9 Å². The fourth-order valence-electron chi connectivity index (χ4n) is 4.58. The van der Waals surface area contributed by atoms with Crippen molar-refractivity contribution in [2.45, 2.75) is 44.5 Å². The van der Waals surface area contributed by atoms with Crippen LogP contribution in [0.3, 0.4) is 0 Å². The lowest BCUT2D eigenvalue weighted by atomic mass is 10.0. The molecule has 1 amide bonds. The van der Waals surface area contributed by atoms with Gasteiger partial charge >= 0.3 is 15.3 Å². The van der Waals surface area contributed by atoms with Gasteiger partial charge in [-0.2, -0.15) is 8.78 Å². The molecule has 2 aromatic carbocycles. The Bertz CT molecular complexity index is 1280. The Labute approximate surface area is 239 Å². The number of amides is 1. The summed E-state index contributed by atoms with van der Waals surface area (Å²) in [7, 11) is -2.67. The number of benzene rings is 2. The smallest absolute Gasteiger partial charge is 0.386 e. The molecule has 1 N–H and O–H groups in total. The van der Waals surface area contributed by atoms with E-state index in [4.69, 9.17) is 14.2 Å². The second-order valence-electron chi connectivity index (χ2n) is 10.2. The first kappa shape index (κ1) is 32.6. The van der Waals surface area contributed by atoms with E-state index >= 15 is 13.3 Å². The van der Waals surface area contributed by atoms with E-state index in [0.717, 1.165) is 12.1 Å². The summed E-state index contributed by atoms with van der Waals surface area (Å²) in [6.45, 7) is 5.88. The van der Waals surface area contributed by atoms with Gasteiger partial charge in [0, 0.05) is 62.9 Å². The van der Waals surface area contributed by atoms with Crippen molar-refractivity contribution in [3.8, 4) is 11.5 Å². The summed E-state index contributed by atoms with van der Waals surface area (Å²) in [6.07, 6.45) is 0.623. The number of carbonyl (C=O) groups excluding carboxylic acids is 1. The van der Waals surface area contributed by atoms with Gasteiger partial charge in [-0.15, -0.1) is 4.48 Å². The second kappa shape index (κ2) is 13.9. The maximum absolute atomic E-state index is 15.5. The van der Waals surface area contributed by atoms with E-state index in [2.05, 4.69) is 5.32 Å². The molecule has 0 aromatic heterocycles. The van der Waals surface area contributed by atoms with E-state index in [-0.39, 0.29) is 31.2 Å². The standard InChI is InChI=1S/C28H38F3N3O6S/c1-19(2)33(27(35)21-9-12-25(39-5)26(15-21)40-14-6-13-38-4)18-22-16-32-17-24(22)34(31)41(36,37)28(29,30)23-10-7-20(3)8-11-23/h7-12,15,19,22,24,32H,6,13-14,16-18H2,1-5H3/t22-,24+/m0/s1. The highest BCUT2D eigenvalue weighted by Gasteiger charge is 2.55. The van der Waals surface area contributed by atoms with Gasteiger partial charge in [-0.3, -0.25) is 4.79 Å². The average Bonchev–Trinajstić information content (AvgIpc) is 3.41. The Morgan fingerprint density at radius 2 is 1.76 bits per heavy atom. The molecule has 1 heterocycles. The zero-order valence-corrected chi connectivity index (χ0v) is 24.7. The Balaban J connectivity index is 1.81. The molecule has 0 bridgehead atoms. The minimum atomic E-state index is -5.73. The van der Waals surface area contributed by atoms with Crippen LogP contribution in [-0.2, 0) is 20.0 Å². The fraction of sp³-hybridized carbons (Fsp3) is 0.536. The molecule has 2 aromatic rings. The lowest BCUT2D eigenvalue weighted by Gasteiger charge is -2.33. The van der Waals surface area contributed by atoms with E-state index in [1.807, 2.05) is 0 Å². The Hall–Kier alpha value is -2.87. The number of nitrogens with zero attached hydrogens (tertiary/aromatic N) is 2. The highest BCUT2D eigenvalue weighted by Crippen LogP contribution is 2.39. The molecule has 41 heavy (non-hydrogen) atoms. The lowest BCUT2D eigenvalue weighted by Crippen LogP contribution is -2.49. The van der Waals surface area contributed by atoms with Gasteiger partial charge in [0.25, 0.3) is 5.91 Å². The number of halogens is 3. The summed E-state index contributed by atoms with van der Waals surface area (Å²) in [5.41, 5.74) is 0.102. The molecule has 0 spiro atoms. The number of aryl methyl sites for hydroxylation is 1. The zero-order chi connectivity index (χ0) is 30.4. The van der Waals surface area contributed by atoms with E-state index in [1.165, 1.54) is 24.1 Å². The van der Waals surface area contributed by atoms with Gasteiger partial charge < -0.3 is 24.4 Å².